The zero-order valence-electron chi connectivity index (χ0n) is 10.6. The van der Waals surface area contributed by atoms with Crippen molar-refractivity contribution in [2.45, 2.75) is 20.4 Å². The summed E-state index contributed by atoms with van der Waals surface area (Å²) in [4.78, 5) is 13.8. The minimum atomic E-state index is 0.0165. The summed E-state index contributed by atoms with van der Waals surface area (Å²) in [7, 11) is 0. The molecule has 0 saturated carbocycles. The molecule has 17 heavy (non-hydrogen) atoms. The third kappa shape index (κ3) is 4.54. The number of rotatable bonds is 6. The first kappa shape index (κ1) is 13.7. The van der Waals surface area contributed by atoms with Gasteiger partial charge in [-0.3, -0.25) is 9.69 Å². The molecule has 1 aromatic rings. The second kappa shape index (κ2) is 7.04. The zero-order chi connectivity index (χ0) is 12.7. The van der Waals surface area contributed by atoms with Crippen molar-refractivity contribution >= 4 is 11.6 Å². The highest BCUT2D eigenvalue weighted by Gasteiger charge is 2.07. The molecule has 0 saturated heterocycles. The number of carbonyl (C=O) groups is 1. The molecule has 0 unspecified atom stereocenters. The molecule has 0 aliphatic heterocycles. The third-order valence-electron chi connectivity index (χ3n) is 2.71. The first-order valence-corrected chi connectivity index (χ1v) is 6.00. The molecule has 0 heterocycles. The monoisotopic (exact) mass is 235 g/mol. The molecule has 0 atom stereocenters. The van der Waals surface area contributed by atoms with Crippen LogP contribution in [0.3, 0.4) is 0 Å². The van der Waals surface area contributed by atoms with Gasteiger partial charge in [0, 0.05) is 12.2 Å². The van der Waals surface area contributed by atoms with E-state index in [1.807, 2.05) is 38.1 Å². The van der Waals surface area contributed by atoms with Gasteiger partial charge in [0.1, 0.15) is 0 Å². The van der Waals surface area contributed by atoms with Crippen LogP contribution in [0, 0.1) is 0 Å². The summed E-state index contributed by atoms with van der Waals surface area (Å²) in [6.07, 6.45) is 0. The van der Waals surface area contributed by atoms with E-state index in [1.165, 1.54) is 0 Å². The third-order valence-corrected chi connectivity index (χ3v) is 2.71. The van der Waals surface area contributed by atoms with Gasteiger partial charge in [-0.15, -0.1) is 0 Å². The topological polar surface area (TPSA) is 58.4 Å². The van der Waals surface area contributed by atoms with Crippen LogP contribution in [0.4, 0.5) is 5.69 Å². The Balaban J connectivity index is 2.55. The van der Waals surface area contributed by atoms with Gasteiger partial charge in [-0.2, -0.15) is 0 Å². The average molecular weight is 235 g/mol. The minimum Gasteiger partial charge on any atom is -0.326 e. The Morgan fingerprint density at radius 3 is 2.65 bits per heavy atom. The number of nitrogens with two attached hydrogens (primary N) is 1. The maximum atomic E-state index is 11.8. The second-order valence-electron chi connectivity index (χ2n) is 3.91. The summed E-state index contributed by atoms with van der Waals surface area (Å²) in [5.74, 6) is 0.0165. The van der Waals surface area contributed by atoms with E-state index in [9.17, 15) is 4.79 Å². The molecule has 4 nitrogen and oxygen atoms in total. The molecule has 1 rings (SSSR count). The zero-order valence-corrected chi connectivity index (χ0v) is 10.6. The number of anilines is 1. The van der Waals surface area contributed by atoms with Crippen molar-refractivity contribution in [2.24, 2.45) is 5.73 Å². The summed E-state index contributed by atoms with van der Waals surface area (Å²) in [5, 5.41) is 2.88. The van der Waals surface area contributed by atoms with Gasteiger partial charge >= 0.3 is 0 Å². The molecule has 3 N–H and O–H groups in total. The number of likely N-dealkylation sites (N-methyl/N-ethyl adjacent to an activating group) is 1. The van der Waals surface area contributed by atoms with Gasteiger partial charge in [0.25, 0.3) is 0 Å². The molecular formula is C13H21N3O. The fourth-order valence-electron chi connectivity index (χ4n) is 1.63. The normalized spacial score (nSPS) is 10.6. The van der Waals surface area contributed by atoms with Gasteiger partial charge in [0.05, 0.1) is 6.54 Å². The van der Waals surface area contributed by atoms with Gasteiger partial charge in [0.15, 0.2) is 0 Å². The van der Waals surface area contributed by atoms with Crippen molar-refractivity contribution in [3.05, 3.63) is 29.8 Å². The highest BCUT2D eigenvalue weighted by atomic mass is 16.2. The van der Waals surface area contributed by atoms with Crippen molar-refractivity contribution in [1.82, 2.24) is 4.90 Å². The largest absolute Gasteiger partial charge is 0.326 e. The van der Waals surface area contributed by atoms with Crippen LogP contribution in [0.5, 0.6) is 0 Å². The molecule has 0 aliphatic carbocycles. The fraction of sp³-hybridized carbons (Fsp3) is 0.462. The number of nitrogens with one attached hydrogen (secondary N) is 1. The Bertz CT molecular complexity index is 361. The Labute approximate surface area is 103 Å². The number of nitrogens with zero attached hydrogens (tertiary/aromatic N) is 1. The van der Waals surface area contributed by atoms with Crippen LogP contribution >= 0.6 is 0 Å². The summed E-state index contributed by atoms with van der Waals surface area (Å²) >= 11 is 0. The molecule has 4 heteroatoms. The number of benzene rings is 1. The molecule has 0 aliphatic rings. The maximum Gasteiger partial charge on any atom is 0.238 e. The molecule has 0 fully saturated rings. The van der Waals surface area contributed by atoms with Crippen LogP contribution in [0.25, 0.3) is 0 Å². The highest BCUT2D eigenvalue weighted by molar-refractivity contribution is 5.92. The number of hydrogen-bond donors (Lipinski definition) is 2. The first-order chi connectivity index (χ1) is 8.19. The van der Waals surface area contributed by atoms with Crippen molar-refractivity contribution in [2.75, 3.05) is 25.0 Å². The van der Waals surface area contributed by atoms with Crippen LogP contribution in [0.15, 0.2) is 24.3 Å². The predicted molar refractivity (Wildman–Crippen MR) is 70.8 cm³/mol. The number of carbonyl (C=O) groups excluding carboxylic acids is 1. The van der Waals surface area contributed by atoms with Gasteiger partial charge in [-0.25, -0.2) is 0 Å². The Morgan fingerprint density at radius 1 is 1.35 bits per heavy atom. The van der Waals surface area contributed by atoms with Crippen LogP contribution in [0.1, 0.15) is 19.4 Å². The molecule has 1 amide bonds. The van der Waals surface area contributed by atoms with E-state index in [4.69, 9.17) is 5.73 Å². The van der Waals surface area contributed by atoms with Crippen LogP contribution in [-0.2, 0) is 11.3 Å². The van der Waals surface area contributed by atoms with Crippen molar-refractivity contribution < 1.29 is 4.79 Å². The van der Waals surface area contributed by atoms with E-state index in [0.717, 1.165) is 24.3 Å². The highest BCUT2D eigenvalue weighted by Crippen LogP contribution is 2.09. The van der Waals surface area contributed by atoms with Crippen LogP contribution < -0.4 is 11.1 Å². The van der Waals surface area contributed by atoms with E-state index in [1.54, 1.807) is 0 Å². The van der Waals surface area contributed by atoms with E-state index in [0.29, 0.717) is 13.1 Å². The first-order valence-electron chi connectivity index (χ1n) is 6.00. The molecule has 0 aromatic heterocycles. The van der Waals surface area contributed by atoms with Gasteiger partial charge in [-0.05, 0) is 30.8 Å². The summed E-state index contributed by atoms with van der Waals surface area (Å²) < 4.78 is 0. The molecule has 0 bridgehead atoms. The maximum absolute atomic E-state index is 11.8. The van der Waals surface area contributed by atoms with Crippen molar-refractivity contribution in [1.29, 1.82) is 0 Å². The molecule has 1 aromatic carbocycles. The fourth-order valence-corrected chi connectivity index (χ4v) is 1.63. The lowest BCUT2D eigenvalue weighted by Gasteiger charge is -2.17. The van der Waals surface area contributed by atoms with Crippen molar-refractivity contribution in [3.8, 4) is 0 Å². The predicted octanol–water partition coefficient (Wildman–Crippen LogP) is 1.43. The SMILES string of the molecule is CCN(CC)CC(=O)Nc1cccc(CN)c1. The molecule has 0 radical (unpaired) electrons. The summed E-state index contributed by atoms with van der Waals surface area (Å²) in [6, 6.07) is 7.62. The van der Waals surface area contributed by atoms with E-state index in [-0.39, 0.29) is 5.91 Å². The standard InChI is InChI=1S/C13H21N3O/c1-3-16(4-2)10-13(17)15-12-7-5-6-11(8-12)9-14/h5-8H,3-4,9-10,14H2,1-2H3,(H,15,17). The lowest BCUT2D eigenvalue weighted by Crippen LogP contribution is -2.32. The molecule has 94 valence electrons. The Hall–Kier alpha value is -1.39. The molecular weight excluding hydrogens is 214 g/mol. The van der Waals surface area contributed by atoms with Crippen LogP contribution in [0.2, 0.25) is 0 Å². The van der Waals surface area contributed by atoms with Gasteiger partial charge < -0.3 is 11.1 Å². The smallest absolute Gasteiger partial charge is 0.238 e. The van der Waals surface area contributed by atoms with Crippen molar-refractivity contribution in [3.63, 3.8) is 0 Å². The second-order valence-corrected chi connectivity index (χ2v) is 3.91. The average Bonchev–Trinajstić information content (AvgIpc) is 2.36. The lowest BCUT2D eigenvalue weighted by atomic mass is 10.2. The number of hydrogen-bond acceptors (Lipinski definition) is 3. The number of amides is 1. The lowest BCUT2D eigenvalue weighted by molar-refractivity contribution is -0.117. The Kier molecular flexibility index (Phi) is 5.66. The quantitative estimate of drug-likeness (QED) is 0.784. The van der Waals surface area contributed by atoms with Gasteiger partial charge in [0.2, 0.25) is 5.91 Å². The van der Waals surface area contributed by atoms with E-state index >= 15 is 0 Å². The Morgan fingerprint density at radius 2 is 2.06 bits per heavy atom. The minimum absolute atomic E-state index is 0.0165. The van der Waals surface area contributed by atoms with E-state index < -0.39 is 0 Å². The summed E-state index contributed by atoms with van der Waals surface area (Å²) in [5.41, 5.74) is 7.38. The molecule has 0 spiro atoms. The van der Waals surface area contributed by atoms with Gasteiger partial charge in [-0.1, -0.05) is 26.0 Å². The van der Waals surface area contributed by atoms with Crippen LogP contribution in [-0.4, -0.2) is 30.4 Å². The van der Waals surface area contributed by atoms with E-state index in [2.05, 4.69) is 10.2 Å². The summed E-state index contributed by atoms with van der Waals surface area (Å²) in [6.45, 7) is 6.77.